The van der Waals surface area contributed by atoms with Crippen molar-refractivity contribution in [2.45, 2.75) is 26.3 Å². The number of carbonyl (C=O) groups excluding carboxylic acids is 1. The fourth-order valence-electron chi connectivity index (χ4n) is 1.45. The number of aromatic nitrogens is 2. The van der Waals surface area contributed by atoms with E-state index in [9.17, 15) is 9.59 Å². The normalized spacial score (nSPS) is 11.9. The molecule has 1 heterocycles. The maximum Gasteiger partial charge on any atom is 0.319 e. The summed E-state index contributed by atoms with van der Waals surface area (Å²) in [5.41, 5.74) is 5.61. The predicted octanol–water partition coefficient (Wildman–Crippen LogP) is 0.533. The minimum absolute atomic E-state index is 0.198. The first-order valence-electron chi connectivity index (χ1n) is 5.01. The Bertz CT molecular complexity index is 418. The molecule has 3 N–H and O–H groups in total. The van der Waals surface area contributed by atoms with E-state index >= 15 is 0 Å². The molecule has 0 aliphatic rings. The van der Waals surface area contributed by atoms with E-state index in [-0.39, 0.29) is 6.42 Å². The lowest BCUT2D eigenvalue weighted by molar-refractivity contribution is -0.137. The van der Waals surface area contributed by atoms with Gasteiger partial charge in [-0.15, -0.1) is 0 Å². The third kappa shape index (κ3) is 3.40. The predicted molar refractivity (Wildman–Crippen MR) is 60.5 cm³/mol. The molecule has 1 aromatic rings. The number of urea groups is 1. The summed E-state index contributed by atoms with van der Waals surface area (Å²) >= 11 is 0. The molecule has 0 saturated carbocycles. The van der Waals surface area contributed by atoms with Gasteiger partial charge in [-0.2, -0.15) is 0 Å². The minimum Gasteiger partial charge on any atom is -0.481 e. The standard InChI is InChI=1S/C10H14N4O3/c1-6(3-9(15)16)14(10(11)17)8-4-12-7(2)13-5-8/h4-6H,3H2,1-2H3,(H2,11,17)(H,15,16). The molecule has 0 bridgehead atoms. The van der Waals surface area contributed by atoms with E-state index in [1.54, 1.807) is 13.8 Å². The van der Waals surface area contributed by atoms with Crippen molar-refractivity contribution in [3.05, 3.63) is 18.2 Å². The fraction of sp³-hybridized carbons (Fsp3) is 0.400. The Hall–Kier alpha value is -2.18. The van der Waals surface area contributed by atoms with E-state index in [2.05, 4.69) is 9.97 Å². The summed E-state index contributed by atoms with van der Waals surface area (Å²) in [6.07, 6.45) is 2.67. The second-order valence-electron chi connectivity index (χ2n) is 3.64. The monoisotopic (exact) mass is 238 g/mol. The van der Waals surface area contributed by atoms with E-state index in [1.807, 2.05) is 0 Å². The highest BCUT2D eigenvalue weighted by molar-refractivity contribution is 5.91. The third-order valence-corrected chi connectivity index (χ3v) is 2.19. The Morgan fingerprint density at radius 2 is 2.00 bits per heavy atom. The lowest BCUT2D eigenvalue weighted by Gasteiger charge is -2.25. The molecule has 17 heavy (non-hydrogen) atoms. The molecule has 0 aromatic carbocycles. The van der Waals surface area contributed by atoms with Crippen LogP contribution < -0.4 is 10.6 Å². The second kappa shape index (κ2) is 5.24. The van der Waals surface area contributed by atoms with Gasteiger partial charge in [-0.05, 0) is 13.8 Å². The van der Waals surface area contributed by atoms with Crippen molar-refractivity contribution in [1.29, 1.82) is 0 Å². The fourth-order valence-corrected chi connectivity index (χ4v) is 1.45. The molecule has 1 unspecified atom stereocenters. The summed E-state index contributed by atoms with van der Waals surface area (Å²) in [5.74, 6) is -0.444. The number of anilines is 1. The summed E-state index contributed by atoms with van der Waals surface area (Å²) in [6.45, 7) is 3.30. The zero-order chi connectivity index (χ0) is 13.0. The molecule has 0 fully saturated rings. The summed E-state index contributed by atoms with van der Waals surface area (Å²) in [5, 5.41) is 8.70. The number of hydrogen-bond donors (Lipinski definition) is 2. The summed E-state index contributed by atoms with van der Waals surface area (Å²) in [4.78, 5) is 31.0. The smallest absolute Gasteiger partial charge is 0.319 e. The quantitative estimate of drug-likeness (QED) is 0.795. The number of amides is 2. The number of rotatable bonds is 4. The van der Waals surface area contributed by atoms with E-state index in [0.717, 1.165) is 4.90 Å². The van der Waals surface area contributed by atoms with Crippen molar-refractivity contribution in [1.82, 2.24) is 9.97 Å². The third-order valence-electron chi connectivity index (χ3n) is 2.19. The summed E-state index contributed by atoms with van der Waals surface area (Å²) in [6, 6.07) is -1.29. The van der Waals surface area contributed by atoms with Gasteiger partial charge in [-0.1, -0.05) is 0 Å². The molecule has 0 aliphatic heterocycles. The number of aliphatic carboxylic acids is 1. The Morgan fingerprint density at radius 1 is 1.47 bits per heavy atom. The summed E-state index contributed by atoms with van der Waals surface area (Å²) < 4.78 is 0. The van der Waals surface area contributed by atoms with Crippen LogP contribution in [0.4, 0.5) is 10.5 Å². The average Bonchev–Trinajstić information content (AvgIpc) is 2.19. The number of carboxylic acid groups (broad SMARTS) is 1. The maximum atomic E-state index is 11.3. The van der Waals surface area contributed by atoms with E-state index < -0.39 is 18.0 Å². The van der Waals surface area contributed by atoms with Gasteiger partial charge in [0.15, 0.2) is 0 Å². The van der Waals surface area contributed by atoms with Gasteiger partial charge in [0.25, 0.3) is 0 Å². The first-order chi connectivity index (χ1) is 7.91. The highest BCUT2D eigenvalue weighted by Gasteiger charge is 2.22. The first kappa shape index (κ1) is 12.9. The topological polar surface area (TPSA) is 109 Å². The van der Waals surface area contributed by atoms with Gasteiger partial charge in [0.1, 0.15) is 5.82 Å². The number of nitrogens with zero attached hydrogens (tertiary/aromatic N) is 3. The SMILES string of the molecule is Cc1ncc(N(C(N)=O)C(C)CC(=O)O)cn1. The number of carbonyl (C=O) groups is 2. The van der Waals surface area contributed by atoms with Crippen molar-refractivity contribution < 1.29 is 14.7 Å². The second-order valence-corrected chi connectivity index (χ2v) is 3.64. The number of hydrogen-bond acceptors (Lipinski definition) is 4. The van der Waals surface area contributed by atoms with Crippen LogP contribution in [-0.2, 0) is 4.79 Å². The first-order valence-corrected chi connectivity index (χ1v) is 5.01. The number of carboxylic acids is 1. The van der Waals surface area contributed by atoms with Crippen LogP contribution in [0.2, 0.25) is 0 Å². The number of primary amides is 1. The van der Waals surface area contributed by atoms with E-state index in [4.69, 9.17) is 10.8 Å². The van der Waals surface area contributed by atoms with Gasteiger partial charge in [0, 0.05) is 6.04 Å². The van der Waals surface area contributed by atoms with Gasteiger partial charge in [-0.3, -0.25) is 9.69 Å². The maximum absolute atomic E-state index is 11.3. The Labute approximate surface area is 98.3 Å². The van der Waals surface area contributed by atoms with Gasteiger partial charge in [0.2, 0.25) is 0 Å². The zero-order valence-electron chi connectivity index (χ0n) is 9.62. The molecular weight excluding hydrogens is 224 g/mol. The molecule has 7 heteroatoms. The Kier molecular flexibility index (Phi) is 3.97. The van der Waals surface area contributed by atoms with Crippen LogP contribution in [-0.4, -0.2) is 33.1 Å². The Morgan fingerprint density at radius 3 is 2.41 bits per heavy atom. The average molecular weight is 238 g/mol. The minimum atomic E-state index is -1.00. The number of nitrogens with two attached hydrogens (primary N) is 1. The van der Waals surface area contributed by atoms with Gasteiger partial charge >= 0.3 is 12.0 Å². The lowest BCUT2D eigenvalue weighted by Crippen LogP contribution is -2.43. The molecule has 1 rings (SSSR count). The van der Waals surface area contributed by atoms with Crippen LogP contribution in [0.3, 0.4) is 0 Å². The molecule has 0 radical (unpaired) electrons. The van der Waals surface area contributed by atoms with Gasteiger partial charge in [0.05, 0.1) is 24.5 Å². The number of aryl methyl sites for hydroxylation is 1. The molecule has 1 atom stereocenters. The van der Waals surface area contributed by atoms with Crippen LogP contribution in [0.15, 0.2) is 12.4 Å². The molecule has 2 amide bonds. The molecule has 0 saturated heterocycles. The molecule has 0 aliphatic carbocycles. The van der Waals surface area contributed by atoms with Crippen molar-refractivity contribution in [3.8, 4) is 0 Å². The molecule has 7 nitrogen and oxygen atoms in total. The highest BCUT2D eigenvalue weighted by Crippen LogP contribution is 2.16. The zero-order valence-corrected chi connectivity index (χ0v) is 9.62. The highest BCUT2D eigenvalue weighted by atomic mass is 16.4. The van der Waals surface area contributed by atoms with Crippen LogP contribution in [0.5, 0.6) is 0 Å². The van der Waals surface area contributed by atoms with E-state index in [0.29, 0.717) is 11.5 Å². The van der Waals surface area contributed by atoms with Crippen molar-refractivity contribution in [2.24, 2.45) is 5.73 Å². The van der Waals surface area contributed by atoms with Crippen molar-refractivity contribution in [2.75, 3.05) is 4.90 Å². The molecule has 0 spiro atoms. The molecule has 92 valence electrons. The molecule has 1 aromatic heterocycles. The van der Waals surface area contributed by atoms with Crippen molar-refractivity contribution >= 4 is 17.7 Å². The summed E-state index contributed by atoms with van der Waals surface area (Å²) in [7, 11) is 0. The largest absolute Gasteiger partial charge is 0.481 e. The van der Waals surface area contributed by atoms with Crippen molar-refractivity contribution in [3.63, 3.8) is 0 Å². The lowest BCUT2D eigenvalue weighted by atomic mass is 10.2. The Balaban J connectivity index is 2.96. The van der Waals surface area contributed by atoms with Crippen LogP contribution in [0, 0.1) is 6.92 Å². The van der Waals surface area contributed by atoms with Gasteiger partial charge < -0.3 is 10.8 Å². The van der Waals surface area contributed by atoms with Gasteiger partial charge in [-0.25, -0.2) is 14.8 Å². The molecular formula is C10H14N4O3. The van der Waals surface area contributed by atoms with Crippen LogP contribution in [0.1, 0.15) is 19.2 Å². The van der Waals surface area contributed by atoms with Crippen LogP contribution >= 0.6 is 0 Å². The van der Waals surface area contributed by atoms with E-state index in [1.165, 1.54) is 12.4 Å². The van der Waals surface area contributed by atoms with Crippen LogP contribution in [0.25, 0.3) is 0 Å².